The standard InChI is InChI=1S/C16H23NO4/c1-4-5-9-13(16(19)20)17-15(18)12-8-6-7-10-14(12)21-11(2)3/h6-8,10-11,13H,4-5,9H2,1-3H3,(H,17,18)(H,19,20). The highest BCUT2D eigenvalue weighted by molar-refractivity contribution is 5.98. The Bertz CT molecular complexity index is 485. The highest BCUT2D eigenvalue weighted by Gasteiger charge is 2.22. The highest BCUT2D eigenvalue weighted by atomic mass is 16.5. The summed E-state index contributed by atoms with van der Waals surface area (Å²) >= 11 is 0. The fourth-order valence-corrected chi connectivity index (χ4v) is 1.91. The van der Waals surface area contributed by atoms with Gasteiger partial charge in [-0.05, 0) is 32.4 Å². The van der Waals surface area contributed by atoms with Crippen LogP contribution in [0.25, 0.3) is 0 Å². The van der Waals surface area contributed by atoms with E-state index in [0.29, 0.717) is 17.7 Å². The average Bonchev–Trinajstić information content (AvgIpc) is 2.42. The lowest BCUT2D eigenvalue weighted by atomic mass is 10.1. The number of rotatable bonds is 8. The van der Waals surface area contributed by atoms with Gasteiger partial charge in [0.15, 0.2) is 0 Å². The van der Waals surface area contributed by atoms with Crippen molar-refractivity contribution in [1.82, 2.24) is 5.32 Å². The number of hydrogen-bond acceptors (Lipinski definition) is 3. The van der Waals surface area contributed by atoms with Crippen LogP contribution in [0.3, 0.4) is 0 Å². The molecule has 0 spiro atoms. The fourth-order valence-electron chi connectivity index (χ4n) is 1.91. The molecule has 0 saturated heterocycles. The molecule has 1 aromatic rings. The lowest BCUT2D eigenvalue weighted by Gasteiger charge is -2.17. The molecule has 0 aliphatic heterocycles. The number of carboxylic acids is 1. The fraction of sp³-hybridized carbons (Fsp3) is 0.500. The smallest absolute Gasteiger partial charge is 0.326 e. The second-order valence-corrected chi connectivity index (χ2v) is 5.17. The van der Waals surface area contributed by atoms with Gasteiger partial charge in [0, 0.05) is 0 Å². The predicted octanol–water partition coefficient (Wildman–Crippen LogP) is 2.85. The number of nitrogens with one attached hydrogen (secondary N) is 1. The third-order valence-corrected chi connectivity index (χ3v) is 2.94. The van der Waals surface area contributed by atoms with Crippen LogP contribution in [0.1, 0.15) is 50.4 Å². The van der Waals surface area contributed by atoms with Crippen LogP contribution in [-0.2, 0) is 4.79 Å². The molecule has 5 heteroatoms. The number of benzene rings is 1. The minimum atomic E-state index is -1.01. The number of carboxylic acid groups (broad SMARTS) is 1. The molecule has 0 radical (unpaired) electrons. The Kier molecular flexibility index (Phi) is 6.72. The van der Waals surface area contributed by atoms with E-state index >= 15 is 0 Å². The van der Waals surface area contributed by atoms with Crippen molar-refractivity contribution in [2.45, 2.75) is 52.2 Å². The van der Waals surface area contributed by atoms with Crippen molar-refractivity contribution in [2.24, 2.45) is 0 Å². The van der Waals surface area contributed by atoms with E-state index in [1.54, 1.807) is 24.3 Å². The van der Waals surface area contributed by atoms with E-state index in [4.69, 9.17) is 9.84 Å². The molecule has 0 fully saturated rings. The Morgan fingerprint density at radius 2 is 1.95 bits per heavy atom. The molecule has 1 unspecified atom stereocenters. The molecular weight excluding hydrogens is 270 g/mol. The van der Waals surface area contributed by atoms with Crippen LogP contribution in [0.2, 0.25) is 0 Å². The first kappa shape index (κ1) is 17.0. The summed E-state index contributed by atoms with van der Waals surface area (Å²) in [6.07, 6.45) is 1.99. The largest absolute Gasteiger partial charge is 0.490 e. The van der Waals surface area contributed by atoms with Crippen LogP contribution < -0.4 is 10.1 Å². The topological polar surface area (TPSA) is 75.6 Å². The lowest BCUT2D eigenvalue weighted by molar-refractivity contribution is -0.139. The van der Waals surface area contributed by atoms with Crippen LogP contribution in [0.5, 0.6) is 5.75 Å². The van der Waals surface area contributed by atoms with Crippen molar-refractivity contribution in [3.8, 4) is 5.75 Å². The highest BCUT2D eigenvalue weighted by Crippen LogP contribution is 2.19. The van der Waals surface area contributed by atoms with Gasteiger partial charge in [0.25, 0.3) is 5.91 Å². The first-order chi connectivity index (χ1) is 9.95. The van der Waals surface area contributed by atoms with E-state index in [1.165, 1.54) is 0 Å². The van der Waals surface area contributed by atoms with Crippen LogP contribution in [0.4, 0.5) is 0 Å². The number of carbonyl (C=O) groups excluding carboxylic acids is 1. The lowest BCUT2D eigenvalue weighted by Crippen LogP contribution is -2.40. The van der Waals surface area contributed by atoms with Crippen molar-refractivity contribution >= 4 is 11.9 Å². The minimum absolute atomic E-state index is 0.0608. The molecule has 1 amide bonds. The van der Waals surface area contributed by atoms with Crippen molar-refractivity contribution in [2.75, 3.05) is 0 Å². The Balaban J connectivity index is 2.84. The Morgan fingerprint density at radius 3 is 2.52 bits per heavy atom. The SMILES string of the molecule is CCCCC(NC(=O)c1ccccc1OC(C)C)C(=O)O. The normalized spacial score (nSPS) is 12.0. The zero-order chi connectivity index (χ0) is 15.8. The van der Waals surface area contributed by atoms with Gasteiger partial charge in [0.05, 0.1) is 11.7 Å². The van der Waals surface area contributed by atoms with E-state index < -0.39 is 17.9 Å². The quantitative estimate of drug-likeness (QED) is 0.772. The van der Waals surface area contributed by atoms with Crippen LogP contribution in [0, 0.1) is 0 Å². The number of amides is 1. The summed E-state index contributed by atoms with van der Waals surface area (Å²) in [7, 11) is 0. The van der Waals surface area contributed by atoms with Crippen molar-refractivity contribution in [3.05, 3.63) is 29.8 Å². The summed E-state index contributed by atoms with van der Waals surface area (Å²) in [5, 5.41) is 11.7. The maximum Gasteiger partial charge on any atom is 0.326 e. The number of unbranched alkanes of at least 4 members (excludes halogenated alkanes) is 1. The molecule has 0 saturated carbocycles. The van der Waals surface area contributed by atoms with Gasteiger partial charge in [-0.25, -0.2) is 4.79 Å². The zero-order valence-electron chi connectivity index (χ0n) is 12.8. The predicted molar refractivity (Wildman–Crippen MR) is 80.6 cm³/mol. The molecule has 5 nitrogen and oxygen atoms in total. The van der Waals surface area contributed by atoms with Gasteiger partial charge in [0.1, 0.15) is 11.8 Å². The van der Waals surface area contributed by atoms with Crippen LogP contribution in [0.15, 0.2) is 24.3 Å². The Morgan fingerprint density at radius 1 is 1.29 bits per heavy atom. The summed E-state index contributed by atoms with van der Waals surface area (Å²) in [4.78, 5) is 23.5. The molecule has 1 rings (SSSR count). The molecule has 0 bridgehead atoms. The third-order valence-electron chi connectivity index (χ3n) is 2.94. The monoisotopic (exact) mass is 293 g/mol. The van der Waals surface area contributed by atoms with Gasteiger partial charge >= 0.3 is 5.97 Å². The van der Waals surface area contributed by atoms with E-state index in [9.17, 15) is 9.59 Å². The average molecular weight is 293 g/mol. The molecule has 1 atom stereocenters. The molecule has 0 aliphatic rings. The van der Waals surface area contributed by atoms with Crippen molar-refractivity contribution in [3.63, 3.8) is 0 Å². The molecule has 0 aromatic heterocycles. The van der Waals surface area contributed by atoms with Gasteiger partial charge < -0.3 is 15.2 Å². The summed E-state index contributed by atoms with van der Waals surface area (Å²) in [6.45, 7) is 5.72. The summed E-state index contributed by atoms with van der Waals surface area (Å²) in [5.74, 6) is -0.974. The number of hydrogen-bond donors (Lipinski definition) is 2. The van der Waals surface area contributed by atoms with Gasteiger partial charge in [0.2, 0.25) is 0 Å². The summed E-state index contributed by atoms with van der Waals surface area (Å²) in [5.41, 5.74) is 0.356. The molecule has 0 heterocycles. The van der Waals surface area contributed by atoms with E-state index in [-0.39, 0.29) is 6.10 Å². The van der Waals surface area contributed by atoms with Gasteiger partial charge in [-0.3, -0.25) is 4.79 Å². The second-order valence-electron chi connectivity index (χ2n) is 5.17. The maximum atomic E-state index is 12.3. The van der Waals surface area contributed by atoms with Gasteiger partial charge in [-0.15, -0.1) is 0 Å². The van der Waals surface area contributed by atoms with E-state index in [1.807, 2.05) is 20.8 Å². The summed E-state index contributed by atoms with van der Waals surface area (Å²) in [6, 6.07) is 5.97. The van der Waals surface area contributed by atoms with E-state index in [2.05, 4.69) is 5.32 Å². The van der Waals surface area contributed by atoms with Crippen molar-refractivity contribution in [1.29, 1.82) is 0 Å². The van der Waals surface area contributed by atoms with Crippen LogP contribution >= 0.6 is 0 Å². The third kappa shape index (κ3) is 5.45. The molecule has 116 valence electrons. The van der Waals surface area contributed by atoms with Gasteiger partial charge in [-0.1, -0.05) is 31.9 Å². The molecule has 0 aliphatic carbocycles. The second kappa shape index (κ2) is 8.29. The van der Waals surface area contributed by atoms with Crippen molar-refractivity contribution < 1.29 is 19.4 Å². The number of ether oxygens (including phenoxy) is 1. The first-order valence-electron chi connectivity index (χ1n) is 7.25. The Hall–Kier alpha value is -2.04. The molecule has 2 N–H and O–H groups in total. The molecular formula is C16H23NO4. The number of carbonyl (C=O) groups is 2. The van der Waals surface area contributed by atoms with E-state index in [0.717, 1.165) is 12.8 Å². The van der Waals surface area contributed by atoms with Crippen LogP contribution in [-0.4, -0.2) is 29.1 Å². The number of para-hydroxylation sites is 1. The first-order valence-corrected chi connectivity index (χ1v) is 7.25. The summed E-state index contributed by atoms with van der Waals surface area (Å²) < 4.78 is 5.58. The molecule has 1 aromatic carbocycles. The Labute approximate surface area is 125 Å². The number of aliphatic carboxylic acids is 1. The molecule has 21 heavy (non-hydrogen) atoms. The zero-order valence-corrected chi connectivity index (χ0v) is 12.8. The van der Waals surface area contributed by atoms with Gasteiger partial charge in [-0.2, -0.15) is 0 Å². The maximum absolute atomic E-state index is 12.3. The minimum Gasteiger partial charge on any atom is -0.490 e.